The molecule has 0 spiro atoms. The second-order valence-electron chi connectivity index (χ2n) is 11.7. The number of nitrogens with zero attached hydrogens (tertiary/aromatic N) is 3. The molecule has 11 heteroatoms. The maximum atomic E-state index is 14.0. The molecule has 4 aromatic heterocycles. The molecule has 2 saturated heterocycles. The van der Waals surface area contributed by atoms with Crippen LogP contribution in [0.2, 0.25) is 0 Å². The fourth-order valence-corrected chi connectivity index (χ4v) is 8.84. The quantitative estimate of drug-likeness (QED) is 0.280. The lowest BCUT2D eigenvalue weighted by Crippen LogP contribution is -2.45. The van der Waals surface area contributed by atoms with Gasteiger partial charge in [-0.15, -0.1) is 22.7 Å². The SMILES string of the molecule is Cc1cc(C)c2c(C)c(C(=O)NC3COC(Cc4cc(C)c5c(C)c(C(=O)N6CCCC(F)(F)C6)sc5n4)C3)sc2n1. The van der Waals surface area contributed by atoms with Gasteiger partial charge in [0.2, 0.25) is 0 Å². The van der Waals surface area contributed by atoms with Crippen LogP contribution in [0.4, 0.5) is 8.78 Å². The Bertz CT molecular complexity index is 1730. The molecule has 2 atom stereocenters. The molecule has 42 heavy (non-hydrogen) atoms. The largest absolute Gasteiger partial charge is 0.376 e. The third kappa shape index (κ3) is 5.42. The molecule has 0 aliphatic carbocycles. The summed E-state index contributed by atoms with van der Waals surface area (Å²) in [6.07, 6.45) is 1.26. The predicted molar refractivity (Wildman–Crippen MR) is 162 cm³/mol. The van der Waals surface area contributed by atoms with Crippen molar-refractivity contribution in [2.75, 3.05) is 19.7 Å². The first-order valence-corrected chi connectivity index (χ1v) is 15.9. The fraction of sp³-hybridized carbons (Fsp3) is 0.484. The van der Waals surface area contributed by atoms with Gasteiger partial charge in [-0.3, -0.25) is 9.59 Å². The minimum Gasteiger partial charge on any atom is -0.376 e. The lowest BCUT2D eigenvalue weighted by Gasteiger charge is -2.32. The second kappa shape index (κ2) is 10.9. The number of likely N-dealkylation sites (tertiary alicyclic amines) is 1. The molecule has 6 heterocycles. The Balaban J connectivity index is 1.14. The lowest BCUT2D eigenvalue weighted by molar-refractivity contribution is -0.0559. The van der Waals surface area contributed by atoms with Gasteiger partial charge in [-0.1, -0.05) is 0 Å². The van der Waals surface area contributed by atoms with Crippen molar-refractivity contribution in [2.24, 2.45) is 0 Å². The van der Waals surface area contributed by atoms with Crippen molar-refractivity contribution in [3.8, 4) is 0 Å². The van der Waals surface area contributed by atoms with Crippen molar-refractivity contribution in [3.63, 3.8) is 0 Å². The molecule has 2 unspecified atom stereocenters. The molecule has 2 aliphatic rings. The summed E-state index contributed by atoms with van der Waals surface area (Å²) in [5.74, 6) is -3.29. The van der Waals surface area contributed by atoms with Crippen molar-refractivity contribution < 1.29 is 23.1 Å². The number of thiophene rings is 2. The number of hydrogen-bond donors (Lipinski definition) is 1. The van der Waals surface area contributed by atoms with E-state index in [4.69, 9.17) is 9.72 Å². The summed E-state index contributed by atoms with van der Waals surface area (Å²) in [4.78, 5) is 39.9. The number of nitrogens with one attached hydrogen (secondary N) is 1. The number of amides is 2. The van der Waals surface area contributed by atoms with E-state index < -0.39 is 12.5 Å². The number of carbonyl (C=O) groups excluding carboxylic acids is 2. The highest BCUT2D eigenvalue weighted by molar-refractivity contribution is 7.21. The van der Waals surface area contributed by atoms with Gasteiger partial charge in [0.05, 0.1) is 35.1 Å². The number of aryl methyl sites for hydroxylation is 5. The summed E-state index contributed by atoms with van der Waals surface area (Å²) in [6, 6.07) is 3.94. The lowest BCUT2D eigenvalue weighted by atomic mass is 10.0. The Hall–Kier alpha value is -3.02. The van der Waals surface area contributed by atoms with Gasteiger partial charge in [-0.25, -0.2) is 18.7 Å². The molecule has 6 rings (SSSR count). The van der Waals surface area contributed by atoms with E-state index in [1.165, 1.54) is 27.6 Å². The smallest absolute Gasteiger partial charge is 0.265 e. The first-order valence-electron chi connectivity index (χ1n) is 14.3. The van der Waals surface area contributed by atoms with Crippen LogP contribution in [0.1, 0.15) is 72.2 Å². The van der Waals surface area contributed by atoms with E-state index in [9.17, 15) is 18.4 Å². The van der Waals surface area contributed by atoms with Gasteiger partial charge in [-0.2, -0.15) is 0 Å². The number of ether oxygens (including phenoxy) is 1. The topological polar surface area (TPSA) is 84.4 Å². The first kappa shape index (κ1) is 29.1. The zero-order valence-electron chi connectivity index (χ0n) is 24.4. The van der Waals surface area contributed by atoms with Crippen LogP contribution in [0, 0.1) is 34.6 Å². The van der Waals surface area contributed by atoms with E-state index >= 15 is 0 Å². The first-order chi connectivity index (χ1) is 19.9. The summed E-state index contributed by atoms with van der Waals surface area (Å²) < 4.78 is 34.0. The van der Waals surface area contributed by atoms with Crippen LogP contribution < -0.4 is 5.32 Å². The van der Waals surface area contributed by atoms with Crippen molar-refractivity contribution in [2.45, 2.75) is 78.4 Å². The maximum Gasteiger partial charge on any atom is 0.265 e. The van der Waals surface area contributed by atoms with Crippen LogP contribution in [0.25, 0.3) is 20.4 Å². The molecular weight excluding hydrogens is 578 g/mol. The van der Waals surface area contributed by atoms with Crippen molar-refractivity contribution >= 4 is 54.9 Å². The van der Waals surface area contributed by atoms with Gasteiger partial charge < -0.3 is 15.0 Å². The third-order valence-corrected chi connectivity index (χ3v) is 10.7. The molecule has 0 aromatic carbocycles. The number of piperidine rings is 1. The monoisotopic (exact) mass is 612 g/mol. The highest BCUT2D eigenvalue weighted by Crippen LogP contribution is 2.36. The Labute approximate surface area is 251 Å². The number of aromatic nitrogens is 2. The number of pyridine rings is 2. The van der Waals surface area contributed by atoms with Crippen molar-refractivity contribution in [3.05, 3.63) is 55.5 Å². The Morgan fingerprint density at radius 2 is 1.69 bits per heavy atom. The zero-order chi connectivity index (χ0) is 29.9. The molecule has 1 N–H and O–H groups in total. The van der Waals surface area contributed by atoms with E-state index in [0.29, 0.717) is 42.2 Å². The van der Waals surface area contributed by atoms with Crippen LogP contribution in [0.3, 0.4) is 0 Å². The van der Waals surface area contributed by atoms with Gasteiger partial charge >= 0.3 is 0 Å². The molecule has 0 bridgehead atoms. The molecule has 2 fully saturated rings. The summed E-state index contributed by atoms with van der Waals surface area (Å²) in [6.45, 7) is 10.1. The second-order valence-corrected chi connectivity index (χ2v) is 13.7. The average Bonchev–Trinajstić information content (AvgIpc) is 3.58. The summed E-state index contributed by atoms with van der Waals surface area (Å²) in [5, 5.41) is 5.11. The van der Waals surface area contributed by atoms with E-state index in [1.54, 1.807) is 0 Å². The third-order valence-electron chi connectivity index (χ3n) is 8.31. The Morgan fingerprint density at radius 1 is 1.02 bits per heavy atom. The van der Waals surface area contributed by atoms with Gasteiger partial charge in [0.1, 0.15) is 9.66 Å². The number of halogens is 2. The number of carbonyl (C=O) groups is 2. The number of hydrogen-bond acceptors (Lipinski definition) is 7. The minimum absolute atomic E-state index is 0.102. The van der Waals surface area contributed by atoms with Crippen LogP contribution in [-0.4, -0.2) is 64.4 Å². The molecule has 4 aromatic rings. The maximum absolute atomic E-state index is 14.0. The van der Waals surface area contributed by atoms with Crippen LogP contribution >= 0.6 is 22.7 Å². The zero-order valence-corrected chi connectivity index (χ0v) is 26.0. The van der Waals surface area contributed by atoms with E-state index in [1.807, 2.05) is 46.8 Å². The molecule has 2 aliphatic heterocycles. The molecule has 222 valence electrons. The van der Waals surface area contributed by atoms with Crippen LogP contribution in [0.15, 0.2) is 12.1 Å². The highest BCUT2D eigenvalue weighted by Gasteiger charge is 2.38. The molecule has 2 amide bonds. The van der Waals surface area contributed by atoms with E-state index in [2.05, 4.69) is 10.3 Å². The van der Waals surface area contributed by atoms with Crippen LogP contribution in [0.5, 0.6) is 0 Å². The number of fused-ring (bicyclic) bond motifs is 2. The standard InChI is InChI=1S/C31H34F2N4O3S2/c1-15-9-17(3)34-28-23(15)18(4)25(41-28)27(38)35-21-12-22(40-13-21)11-20-10-16(2)24-19(5)26(42-29(24)36-20)30(39)37-8-6-7-31(32,33)14-37/h9-10,21-22H,6-8,11-14H2,1-5H3,(H,35,38). The Morgan fingerprint density at radius 3 is 2.43 bits per heavy atom. The van der Waals surface area contributed by atoms with Gasteiger partial charge in [0.25, 0.3) is 17.7 Å². The summed E-state index contributed by atoms with van der Waals surface area (Å²) in [7, 11) is 0. The predicted octanol–water partition coefficient (Wildman–Crippen LogP) is 6.45. The van der Waals surface area contributed by atoms with E-state index in [-0.39, 0.29) is 30.4 Å². The Kier molecular flexibility index (Phi) is 7.55. The fourth-order valence-electron chi connectivity index (χ4n) is 6.39. The number of rotatable bonds is 5. The van der Waals surface area contributed by atoms with E-state index in [0.717, 1.165) is 54.1 Å². The number of alkyl halides is 2. The van der Waals surface area contributed by atoms with Crippen molar-refractivity contribution in [1.82, 2.24) is 20.2 Å². The normalized spacial score (nSPS) is 20.5. The van der Waals surface area contributed by atoms with Gasteiger partial charge in [0, 0.05) is 41.5 Å². The van der Waals surface area contributed by atoms with Crippen molar-refractivity contribution in [1.29, 1.82) is 0 Å². The van der Waals surface area contributed by atoms with Gasteiger partial charge in [0.15, 0.2) is 0 Å². The minimum atomic E-state index is -2.84. The highest BCUT2D eigenvalue weighted by atomic mass is 32.1. The van der Waals surface area contributed by atoms with Gasteiger partial charge in [-0.05, 0) is 81.8 Å². The van der Waals surface area contributed by atoms with Crippen LogP contribution in [-0.2, 0) is 11.2 Å². The molecule has 0 radical (unpaired) electrons. The summed E-state index contributed by atoms with van der Waals surface area (Å²) >= 11 is 2.70. The summed E-state index contributed by atoms with van der Waals surface area (Å²) in [5.41, 5.74) is 5.66. The molecule has 7 nitrogen and oxygen atoms in total. The average molecular weight is 613 g/mol. The molecule has 0 saturated carbocycles. The molecular formula is C31H34F2N4O3S2.